The summed E-state index contributed by atoms with van der Waals surface area (Å²) >= 11 is 0. The van der Waals surface area contributed by atoms with E-state index >= 15 is 0 Å². The summed E-state index contributed by atoms with van der Waals surface area (Å²) in [5.74, 6) is 1.84. The van der Waals surface area contributed by atoms with Gasteiger partial charge in [-0.05, 0) is 12.1 Å². The van der Waals surface area contributed by atoms with Gasteiger partial charge in [0, 0.05) is 24.6 Å². The third kappa shape index (κ3) is 4.44. The molecule has 0 bridgehead atoms. The van der Waals surface area contributed by atoms with Crippen molar-refractivity contribution in [1.82, 2.24) is 19.9 Å². The molecule has 0 atom stereocenters. The fraction of sp³-hybridized carbons (Fsp3) is 0.222. The van der Waals surface area contributed by atoms with Crippen LogP contribution in [0.15, 0.2) is 53.4 Å². The number of hydrogen-bond donors (Lipinski definition) is 2. The predicted octanol–water partition coefficient (Wildman–Crippen LogP) is 2.01. The van der Waals surface area contributed by atoms with Gasteiger partial charge in [0.25, 0.3) is 0 Å². The molecule has 0 aliphatic heterocycles. The van der Waals surface area contributed by atoms with Crippen LogP contribution in [-0.2, 0) is 16.4 Å². The minimum absolute atomic E-state index is 0.0203. The Morgan fingerprint density at radius 2 is 1.85 bits per heavy atom. The Kier molecular flexibility index (Phi) is 5.72. The molecule has 2 N–H and O–H groups in total. The van der Waals surface area contributed by atoms with Crippen LogP contribution in [0.25, 0.3) is 11.4 Å². The van der Waals surface area contributed by atoms with Crippen LogP contribution in [-0.4, -0.2) is 44.4 Å². The molecule has 0 aliphatic rings. The molecule has 8 nitrogen and oxygen atoms in total. The standard InChI is InChI=1S/C18H20N4O4S/c1-25-14-8-9-15(26-2)16(12-14)27(23,24)19-11-10-17-20-18(22-21-17)13-6-4-3-5-7-13/h3-9,12,19H,10-11H2,1-2H3,(H,20,21,22). The van der Waals surface area contributed by atoms with E-state index in [0.29, 0.717) is 23.8 Å². The number of sulfonamides is 1. The van der Waals surface area contributed by atoms with Crippen molar-refractivity contribution in [2.24, 2.45) is 0 Å². The van der Waals surface area contributed by atoms with E-state index in [1.54, 1.807) is 12.1 Å². The minimum Gasteiger partial charge on any atom is -0.497 e. The number of methoxy groups -OCH3 is 2. The van der Waals surface area contributed by atoms with Crippen molar-refractivity contribution in [3.8, 4) is 22.9 Å². The lowest BCUT2D eigenvalue weighted by atomic mass is 10.2. The maximum atomic E-state index is 12.6. The van der Waals surface area contributed by atoms with Crippen LogP contribution in [0, 0.1) is 0 Å². The Labute approximate surface area is 157 Å². The maximum absolute atomic E-state index is 12.6. The van der Waals surface area contributed by atoms with E-state index in [1.165, 1.54) is 20.3 Å². The molecule has 9 heteroatoms. The molecule has 0 radical (unpaired) electrons. The molecular weight excluding hydrogens is 368 g/mol. The molecular formula is C18H20N4O4S. The lowest BCUT2D eigenvalue weighted by molar-refractivity contribution is 0.392. The van der Waals surface area contributed by atoms with Gasteiger partial charge in [-0.15, -0.1) is 0 Å². The average Bonchev–Trinajstić information content (AvgIpc) is 3.17. The molecule has 3 rings (SSSR count). The molecule has 0 amide bonds. The number of ether oxygens (including phenoxy) is 2. The highest BCUT2D eigenvalue weighted by Gasteiger charge is 2.20. The lowest BCUT2D eigenvalue weighted by Gasteiger charge is -2.11. The average molecular weight is 388 g/mol. The van der Waals surface area contributed by atoms with E-state index in [1.807, 2.05) is 30.3 Å². The molecule has 0 fully saturated rings. The number of benzene rings is 2. The summed E-state index contributed by atoms with van der Waals surface area (Å²) in [4.78, 5) is 4.41. The highest BCUT2D eigenvalue weighted by Crippen LogP contribution is 2.27. The fourth-order valence-corrected chi connectivity index (χ4v) is 3.71. The third-order valence-electron chi connectivity index (χ3n) is 3.88. The van der Waals surface area contributed by atoms with Crippen molar-refractivity contribution in [1.29, 1.82) is 0 Å². The molecule has 0 saturated carbocycles. The van der Waals surface area contributed by atoms with Crippen LogP contribution < -0.4 is 14.2 Å². The smallest absolute Gasteiger partial charge is 0.244 e. The van der Waals surface area contributed by atoms with Gasteiger partial charge in [0.1, 0.15) is 22.2 Å². The first-order valence-electron chi connectivity index (χ1n) is 8.22. The molecule has 27 heavy (non-hydrogen) atoms. The Morgan fingerprint density at radius 1 is 1.07 bits per heavy atom. The van der Waals surface area contributed by atoms with E-state index in [-0.39, 0.29) is 17.2 Å². The van der Waals surface area contributed by atoms with Crippen LogP contribution in [0.1, 0.15) is 5.82 Å². The zero-order chi connectivity index (χ0) is 19.3. The van der Waals surface area contributed by atoms with E-state index in [0.717, 1.165) is 5.56 Å². The van der Waals surface area contributed by atoms with Crippen LogP contribution >= 0.6 is 0 Å². The van der Waals surface area contributed by atoms with Crippen LogP contribution in [0.2, 0.25) is 0 Å². The second-order valence-electron chi connectivity index (χ2n) is 5.64. The molecule has 0 spiro atoms. The van der Waals surface area contributed by atoms with Gasteiger partial charge in [-0.2, -0.15) is 5.10 Å². The molecule has 142 valence electrons. The van der Waals surface area contributed by atoms with E-state index in [4.69, 9.17) is 9.47 Å². The molecule has 2 aromatic carbocycles. The summed E-state index contributed by atoms with van der Waals surface area (Å²) in [6.07, 6.45) is 0.366. The summed E-state index contributed by atoms with van der Waals surface area (Å²) in [6.45, 7) is 0.159. The summed E-state index contributed by atoms with van der Waals surface area (Å²) in [5, 5.41) is 6.99. The monoisotopic (exact) mass is 388 g/mol. The zero-order valence-electron chi connectivity index (χ0n) is 15.0. The van der Waals surface area contributed by atoms with Gasteiger partial charge in [0.2, 0.25) is 10.0 Å². The quantitative estimate of drug-likeness (QED) is 0.611. The first-order valence-corrected chi connectivity index (χ1v) is 9.70. The van der Waals surface area contributed by atoms with Crippen molar-refractivity contribution >= 4 is 10.0 Å². The third-order valence-corrected chi connectivity index (χ3v) is 5.36. The Morgan fingerprint density at radius 3 is 2.56 bits per heavy atom. The Hall–Kier alpha value is -2.91. The molecule has 3 aromatic rings. The number of aromatic amines is 1. The second kappa shape index (κ2) is 8.19. The van der Waals surface area contributed by atoms with Gasteiger partial charge in [-0.3, -0.25) is 5.10 Å². The van der Waals surface area contributed by atoms with Crippen molar-refractivity contribution in [2.75, 3.05) is 20.8 Å². The van der Waals surface area contributed by atoms with Gasteiger partial charge < -0.3 is 9.47 Å². The van der Waals surface area contributed by atoms with Gasteiger partial charge in [-0.1, -0.05) is 30.3 Å². The Bertz CT molecular complexity index is 1000. The van der Waals surface area contributed by atoms with Crippen LogP contribution in [0.5, 0.6) is 11.5 Å². The van der Waals surface area contributed by atoms with Gasteiger partial charge in [0.05, 0.1) is 14.2 Å². The lowest BCUT2D eigenvalue weighted by Crippen LogP contribution is -2.26. The summed E-state index contributed by atoms with van der Waals surface area (Å²) in [7, 11) is -0.879. The number of nitrogens with one attached hydrogen (secondary N) is 2. The highest BCUT2D eigenvalue weighted by atomic mass is 32.2. The first kappa shape index (κ1) is 18.9. The summed E-state index contributed by atoms with van der Waals surface area (Å²) in [5.41, 5.74) is 0.890. The zero-order valence-corrected chi connectivity index (χ0v) is 15.8. The SMILES string of the molecule is COc1ccc(OC)c(S(=O)(=O)NCCc2nc(-c3ccccc3)n[nH]2)c1. The van der Waals surface area contributed by atoms with Crippen molar-refractivity contribution in [3.05, 3.63) is 54.4 Å². The van der Waals surface area contributed by atoms with E-state index in [9.17, 15) is 8.42 Å². The van der Waals surface area contributed by atoms with Crippen molar-refractivity contribution in [3.63, 3.8) is 0 Å². The number of nitrogens with zero attached hydrogens (tertiary/aromatic N) is 2. The molecule has 1 aromatic heterocycles. The molecule has 0 unspecified atom stereocenters. The van der Waals surface area contributed by atoms with E-state index in [2.05, 4.69) is 19.9 Å². The fourth-order valence-electron chi connectivity index (χ4n) is 2.50. The van der Waals surface area contributed by atoms with E-state index < -0.39 is 10.0 Å². The number of hydrogen-bond acceptors (Lipinski definition) is 6. The van der Waals surface area contributed by atoms with Crippen LogP contribution in [0.3, 0.4) is 0 Å². The second-order valence-corrected chi connectivity index (χ2v) is 7.37. The van der Waals surface area contributed by atoms with Crippen LogP contribution in [0.4, 0.5) is 0 Å². The molecule has 0 aliphatic carbocycles. The minimum atomic E-state index is -3.77. The summed E-state index contributed by atoms with van der Waals surface area (Å²) in [6, 6.07) is 14.1. The van der Waals surface area contributed by atoms with Crippen molar-refractivity contribution < 1.29 is 17.9 Å². The number of H-pyrrole nitrogens is 1. The predicted molar refractivity (Wildman–Crippen MR) is 100 cm³/mol. The van der Waals surface area contributed by atoms with Gasteiger partial charge in [0.15, 0.2) is 5.82 Å². The van der Waals surface area contributed by atoms with Gasteiger partial charge >= 0.3 is 0 Å². The summed E-state index contributed by atoms with van der Waals surface area (Å²) < 4.78 is 38.0. The van der Waals surface area contributed by atoms with Gasteiger partial charge in [-0.25, -0.2) is 18.1 Å². The first-order chi connectivity index (χ1) is 13.0. The number of aromatic nitrogens is 3. The molecule has 1 heterocycles. The molecule has 0 saturated heterocycles. The normalized spacial score (nSPS) is 11.3. The highest BCUT2D eigenvalue weighted by molar-refractivity contribution is 7.89. The maximum Gasteiger partial charge on any atom is 0.244 e. The van der Waals surface area contributed by atoms with Crippen molar-refractivity contribution in [2.45, 2.75) is 11.3 Å². The topological polar surface area (TPSA) is 106 Å². The largest absolute Gasteiger partial charge is 0.497 e. The number of rotatable bonds is 8. The Balaban J connectivity index is 1.67.